The Bertz CT molecular complexity index is 3600. The molecule has 12 rings (SSSR count). The van der Waals surface area contributed by atoms with Crippen LogP contribution in [-0.4, -0.2) is 74.0 Å². The minimum Gasteiger partial charge on any atom is -0.496 e. The summed E-state index contributed by atoms with van der Waals surface area (Å²) in [4.78, 5) is 24.1. The predicted octanol–water partition coefficient (Wildman–Crippen LogP) is 10.8. The van der Waals surface area contributed by atoms with Crippen LogP contribution >= 0.6 is 11.6 Å². The van der Waals surface area contributed by atoms with Gasteiger partial charge >= 0.3 is 0 Å². The highest BCUT2D eigenvalue weighted by atomic mass is 35.5. The number of aromatic nitrogens is 12. The van der Waals surface area contributed by atoms with E-state index in [1.165, 1.54) is 37.1 Å². The van der Waals surface area contributed by atoms with Crippen LogP contribution in [0, 0.1) is 27.7 Å². The highest BCUT2D eigenvalue weighted by Crippen LogP contribution is 2.44. The summed E-state index contributed by atoms with van der Waals surface area (Å²) in [7, 11) is 3.29. The summed E-state index contributed by atoms with van der Waals surface area (Å²) in [6.07, 6.45) is 5.62. The minimum absolute atomic E-state index is 0.122. The van der Waals surface area contributed by atoms with E-state index in [1.54, 1.807) is 14.2 Å². The summed E-state index contributed by atoms with van der Waals surface area (Å²) in [6, 6.07) is 12.8. The van der Waals surface area contributed by atoms with Crippen LogP contribution in [0.4, 0.5) is 17.7 Å². The molecule has 19 nitrogen and oxygen atoms in total. The molecule has 0 saturated heterocycles. The lowest BCUT2D eigenvalue weighted by atomic mass is 10.00. The number of hydrogen-bond acceptors (Lipinski definition) is 15. The zero-order valence-corrected chi connectivity index (χ0v) is 42.3. The molecule has 2 aliphatic rings. The molecule has 0 unspecified atom stereocenters. The van der Waals surface area contributed by atoms with E-state index in [4.69, 9.17) is 52.4 Å². The summed E-state index contributed by atoms with van der Waals surface area (Å²) >= 11 is 6.25. The van der Waals surface area contributed by atoms with Crippen molar-refractivity contribution in [2.24, 2.45) is 0 Å². The zero-order chi connectivity index (χ0) is 50.2. The van der Waals surface area contributed by atoms with Crippen molar-refractivity contribution >= 4 is 73.2 Å². The van der Waals surface area contributed by atoms with E-state index >= 15 is 0 Å². The van der Waals surface area contributed by atoms with Gasteiger partial charge in [-0.15, -0.1) is 0 Å². The number of ether oxygens (including phenoxy) is 2. The lowest BCUT2D eigenvalue weighted by Crippen LogP contribution is -2.09. The zero-order valence-electron chi connectivity index (χ0n) is 41.5. The molecule has 0 spiro atoms. The number of H-pyrrole nitrogens is 2. The van der Waals surface area contributed by atoms with Gasteiger partial charge in [-0.1, -0.05) is 21.9 Å². The number of nitrogen functional groups attached to an aromatic ring is 3. The minimum atomic E-state index is 0.122. The fourth-order valence-electron chi connectivity index (χ4n) is 9.51. The maximum Gasteiger partial charge on any atom is 0.223 e. The van der Waals surface area contributed by atoms with Crippen LogP contribution in [0.5, 0.6) is 11.5 Å². The molecule has 0 aliphatic heterocycles. The third-order valence-electron chi connectivity index (χ3n) is 13.1. The van der Waals surface area contributed by atoms with Crippen molar-refractivity contribution in [1.82, 2.24) is 59.8 Å². The number of rotatable bonds is 10. The average Bonchev–Trinajstić information content (AvgIpc) is 4.10. The fraction of sp³-hybridized carbons (Fsp3) is 0.373. The summed E-state index contributed by atoms with van der Waals surface area (Å²) in [5.41, 5.74) is 30.3. The van der Waals surface area contributed by atoms with E-state index < -0.39 is 0 Å². The molecule has 2 fully saturated rings. The van der Waals surface area contributed by atoms with Gasteiger partial charge < -0.3 is 45.7 Å². The van der Waals surface area contributed by atoms with Gasteiger partial charge in [0.05, 0.1) is 59.2 Å². The van der Waals surface area contributed by atoms with Crippen LogP contribution in [0.15, 0.2) is 45.4 Å². The van der Waals surface area contributed by atoms with E-state index in [0.717, 1.165) is 95.3 Å². The van der Waals surface area contributed by atoms with Gasteiger partial charge in [-0.2, -0.15) is 20.2 Å². The number of nitrogens with one attached hydrogen (secondary N) is 2. The van der Waals surface area contributed by atoms with Gasteiger partial charge in [-0.3, -0.25) is 4.68 Å². The maximum atomic E-state index is 6.25. The average molecular weight is 981 g/mol. The van der Waals surface area contributed by atoms with E-state index in [0.29, 0.717) is 51.9 Å². The molecule has 8 aromatic heterocycles. The molecule has 71 heavy (non-hydrogen) atoms. The molecule has 368 valence electrons. The third-order valence-corrected chi connectivity index (χ3v) is 13.4. The van der Waals surface area contributed by atoms with Crippen molar-refractivity contribution in [3.8, 4) is 33.8 Å². The Hall–Kier alpha value is -7.67. The predicted molar refractivity (Wildman–Crippen MR) is 276 cm³/mol. The number of fused-ring (bicyclic) bond motifs is 6. The second kappa shape index (κ2) is 18.3. The first kappa shape index (κ1) is 47.0. The lowest BCUT2D eigenvalue weighted by molar-refractivity contribution is 0.393. The number of nitrogens with zero attached hydrogens (tertiary/aromatic N) is 10. The third kappa shape index (κ3) is 8.83. The second-order valence-corrected chi connectivity index (χ2v) is 19.4. The van der Waals surface area contributed by atoms with Crippen LogP contribution < -0.4 is 26.7 Å². The Balaban J connectivity index is 0.000000139. The largest absolute Gasteiger partial charge is 0.496 e. The Morgan fingerprint density at radius 3 is 1.59 bits per heavy atom. The molecular weight excluding hydrogens is 922 g/mol. The molecule has 8 heterocycles. The van der Waals surface area contributed by atoms with Gasteiger partial charge in [0.25, 0.3) is 0 Å². The number of anilines is 3. The number of methoxy groups -OCH3 is 2. The van der Waals surface area contributed by atoms with Crippen molar-refractivity contribution in [2.45, 2.75) is 111 Å². The molecule has 8 N–H and O–H groups in total. The Kier molecular flexibility index (Phi) is 12.1. The number of nitrogens with two attached hydrogens (primary N) is 3. The van der Waals surface area contributed by atoms with Crippen molar-refractivity contribution < 1.29 is 18.5 Å². The first-order valence-electron chi connectivity index (χ1n) is 23.8. The van der Waals surface area contributed by atoms with Crippen LogP contribution in [0.1, 0.15) is 123 Å². The molecule has 2 saturated carbocycles. The van der Waals surface area contributed by atoms with Gasteiger partial charge in [0.2, 0.25) is 11.9 Å². The monoisotopic (exact) mass is 979 g/mol. The Labute approximate surface area is 413 Å². The van der Waals surface area contributed by atoms with Crippen molar-refractivity contribution in [1.29, 1.82) is 0 Å². The highest BCUT2D eigenvalue weighted by molar-refractivity contribution is 6.36. The van der Waals surface area contributed by atoms with Crippen molar-refractivity contribution in [2.75, 3.05) is 31.4 Å². The molecule has 2 aromatic carbocycles. The Morgan fingerprint density at radius 2 is 1.13 bits per heavy atom. The maximum absolute atomic E-state index is 6.25. The van der Waals surface area contributed by atoms with Gasteiger partial charge in [0.1, 0.15) is 45.3 Å². The number of hydrogen-bond donors (Lipinski definition) is 5. The fourth-order valence-corrected chi connectivity index (χ4v) is 9.79. The molecule has 20 heteroatoms. The number of aryl methyl sites for hydroxylation is 4. The van der Waals surface area contributed by atoms with Crippen LogP contribution in [0.3, 0.4) is 0 Å². The molecule has 2 aliphatic carbocycles. The molecule has 0 bridgehead atoms. The van der Waals surface area contributed by atoms with Crippen molar-refractivity contribution in [3.05, 3.63) is 87.2 Å². The lowest BCUT2D eigenvalue weighted by Gasteiger charge is -2.12. The first-order chi connectivity index (χ1) is 34.0. The second-order valence-electron chi connectivity index (χ2n) is 19.0. The van der Waals surface area contributed by atoms with Gasteiger partial charge in [0, 0.05) is 80.4 Å². The molecule has 0 atom stereocenters. The SMILES string of the molecule is CC(C)n1nc(C2CC2)cc1N.COc1cc2c(cc1-c1c(C)noc1C)[nH]c1nc(N)nc(Cc3cc(C4CC4)nn3C(C)C)c12.COc1cc2c(cc1-c1c(C)noc1C)[nH]c1nc(N)nc(Cl)c12. The number of benzene rings is 2. The molecule has 0 amide bonds. The standard InChI is InChI=1S/C26H29N7O2.C16H14ClN5O2.C9H15N3/c1-12(2)33-16(8-19(31-33)15-6-7-15)9-21-24-17-11-22(34-5)18(23-13(3)32-35-14(23)4)10-20(17)28-25(24)30-26(27)29-21;1-6-12(7(2)24-22-6)9-4-10-8(5-11(9)23-3)13-14(17)20-16(18)21-15(13)19-10;1-6(2)12-9(10)5-8(11-12)7-3-4-7/h8,10-12,15H,6-7,9H2,1-5H3,(H3,27,28,29,30);4-5H,1-3H3,(H3,18,19,20,21);5-7H,3-4,10H2,1-2H3. The normalized spacial score (nSPS) is 13.7. The van der Waals surface area contributed by atoms with E-state index in [1.807, 2.05) is 56.6 Å². The first-order valence-corrected chi connectivity index (χ1v) is 24.2. The summed E-state index contributed by atoms with van der Waals surface area (Å²) in [5, 5.41) is 21.3. The van der Waals surface area contributed by atoms with E-state index in [2.05, 4.69) is 89.8 Å². The van der Waals surface area contributed by atoms with Crippen LogP contribution in [0.25, 0.3) is 66.1 Å². The van der Waals surface area contributed by atoms with Crippen LogP contribution in [0.2, 0.25) is 5.15 Å². The topological polar surface area (TPSA) is 267 Å². The van der Waals surface area contributed by atoms with E-state index in [-0.39, 0.29) is 17.9 Å². The van der Waals surface area contributed by atoms with Crippen molar-refractivity contribution in [3.63, 3.8) is 0 Å². The Morgan fingerprint density at radius 1 is 0.648 bits per heavy atom. The highest BCUT2D eigenvalue weighted by Gasteiger charge is 2.29. The molecule has 10 aromatic rings. The smallest absolute Gasteiger partial charge is 0.223 e. The van der Waals surface area contributed by atoms with Gasteiger partial charge in [0.15, 0.2) is 0 Å². The van der Waals surface area contributed by atoms with Gasteiger partial charge in [-0.05, 0) is 111 Å². The van der Waals surface area contributed by atoms with Crippen LogP contribution in [-0.2, 0) is 6.42 Å². The molecule has 0 radical (unpaired) electrons. The quantitative estimate of drug-likeness (QED) is 0.0798. The summed E-state index contributed by atoms with van der Waals surface area (Å²) in [5.74, 6) is 5.35. The van der Waals surface area contributed by atoms with Gasteiger partial charge in [-0.25, -0.2) is 14.6 Å². The number of aromatic amines is 2. The summed E-state index contributed by atoms with van der Waals surface area (Å²) in [6.45, 7) is 16.1. The molecular formula is C51H58ClN15O4. The summed E-state index contributed by atoms with van der Waals surface area (Å²) < 4.78 is 26.1. The number of halogens is 1. The van der Waals surface area contributed by atoms with E-state index in [9.17, 15) is 0 Å².